The third-order valence-electron chi connectivity index (χ3n) is 4.35. The summed E-state index contributed by atoms with van der Waals surface area (Å²) in [5.74, 6) is 0.633. The van der Waals surface area contributed by atoms with Crippen molar-refractivity contribution in [2.75, 3.05) is 0 Å². The predicted octanol–water partition coefficient (Wildman–Crippen LogP) is 1.46. The molecule has 2 saturated heterocycles. The number of aromatic nitrogens is 2. The molecule has 0 amide bonds. The molecule has 2 aliphatic rings. The smallest absolute Gasteiger partial charge is 0.143 e. The molecule has 4 nitrogen and oxygen atoms in total. The normalized spacial score (nSPS) is 30.0. The molecular weight excluding hydrogens is 226 g/mol. The maximum atomic E-state index is 12.4. The Kier molecular flexibility index (Phi) is 2.98. The highest BCUT2D eigenvalue weighted by Crippen LogP contribution is 2.34. The summed E-state index contributed by atoms with van der Waals surface area (Å²) in [4.78, 5) is 12.4. The van der Waals surface area contributed by atoms with Crippen molar-refractivity contribution >= 4 is 5.78 Å². The third kappa shape index (κ3) is 1.99. The molecule has 0 radical (unpaired) electrons. The number of nitrogens with one attached hydrogen (secondary N) is 1. The number of ketones is 1. The van der Waals surface area contributed by atoms with Gasteiger partial charge in [0.1, 0.15) is 5.78 Å². The minimum atomic E-state index is 0.240. The van der Waals surface area contributed by atoms with Gasteiger partial charge >= 0.3 is 0 Å². The van der Waals surface area contributed by atoms with Gasteiger partial charge in [0, 0.05) is 36.7 Å². The molecule has 0 spiro atoms. The lowest BCUT2D eigenvalue weighted by Gasteiger charge is -2.18. The van der Waals surface area contributed by atoms with Crippen molar-refractivity contribution in [3.05, 3.63) is 17.5 Å². The summed E-state index contributed by atoms with van der Waals surface area (Å²) in [6.07, 6.45) is 4.01. The van der Waals surface area contributed by atoms with E-state index in [2.05, 4.69) is 17.3 Å². The number of hydrogen-bond acceptors (Lipinski definition) is 3. The van der Waals surface area contributed by atoms with Gasteiger partial charge in [0.25, 0.3) is 0 Å². The van der Waals surface area contributed by atoms with E-state index >= 15 is 0 Å². The van der Waals surface area contributed by atoms with Crippen LogP contribution in [-0.4, -0.2) is 27.6 Å². The molecule has 3 rings (SSSR count). The van der Waals surface area contributed by atoms with Gasteiger partial charge in [-0.15, -0.1) is 0 Å². The molecule has 3 atom stereocenters. The van der Waals surface area contributed by atoms with Crippen molar-refractivity contribution in [3.8, 4) is 0 Å². The van der Waals surface area contributed by atoms with Crippen LogP contribution in [0.5, 0.6) is 0 Å². The zero-order chi connectivity index (χ0) is 12.7. The number of carbonyl (C=O) groups excluding carboxylic acids is 1. The van der Waals surface area contributed by atoms with Crippen LogP contribution in [0, 0.1) is 12.8 Å². The zero-order valence-electron chi connectivity index (χ0n) is 11.1. The van der Waals surface area contributed by atoms with Gasteiger partial charge in [-0.2, -0.15) is 5.10 Å². The minimum Gasteiger partial charge on any atom is -0.310 e. The Morgan fingerprint density at radius 2 is 2.39 bits per heavy atom. The maximum absolute atomic E-state index is 12.4. The van der Waals surface area contributed by atoms with Crippen LogP contribution >= 0.6 is 0 Å². The van der Waals surface area contributed by atoms with E-state index in [-0.39, 0.29) is 5.92 Å². The highest BCUT2D eigenvalue weighted by Gasteiger charge is 2.42. The fourth-order valence-corrected chi connectivity index (χ4v) is 3.50. The van der Waals surface area contributed by atoms with Crippen LogP contribution in [0.3, 0.4) is 0 Å². The van der Waals surface area contributed by atoms with E-state index in [1.165, 1.54) is 12.8 Å². The Morgan fingerprint density at radius 3 is 3.00 bits per heavy atom. The van der Waals surface area contributed by atoms with Gasteiger partial charge in [0.2, 0.25) is 0 Å². The van der Waals surface area contributed by atoms with Gasteiger partial charge in [-0.25, -0.2) is 0 Å². The predicted molar refractivity (Wildman–Crippen MR) is 69.4 cm³/mol. The second-order valence-corrected chi connectivity index (χ2v) is 5.63. The molecule has 2 bridgehead atoms. The summed E-state index contributed by atoms with van der Waals surface area (Å²) in [6, 6.07) is 3.09. The Balaban J connectivity index is 1.70. The number of carbonyl (C=O) groups is 1. The fraction of sp³-hybridized carbons (Fsp3) is 0.714. The van der Waals surface area contributed by atoms with Gasteiger partial charge in [0.05, 0.1) is 5.69 Å². The standard InChI is InChI=1S/C14H21N3O/c1-3-17-11(6-9(2)16-17)8-14(18)12-7-10-4-5-13(12)15-10/h6,10,12-13,15H,3-5,7-8H2,1-2H3. The van der Waals surface area contributed by atoms with Crippen molar-refractivity contribution in [2.45, 2.75) is 58.2 Å². The summed E-state index contributed by atoms with van der Waals surface area (Å²) in [6.45, 7) is 4.89. The number of hydrogen-bond donors (Lipinski definition) is 1. The van der Waals surface area contributed by atoms with Crippen LogP contribution in [0.4, 0.5) is 0 Å². The molecular formula is C14H21N3O. The Bertz CT molecular complexity index is 466. The van der Waals surface area contributed by atoms with Gasteiger partial charge in [0.15, 0.2) is 0 Å². The third-order valence-corrected chi connectivity index (χ3v) is 4.35. The topological polar surface area (TPSA) is 46.9 Å². The van der Waals surface area contributed by atoms with Gasteiger partial charge in [-0.05, 0) is 39.2 Å². The molecule has 1 aromatic heterocycles. The van der Waals surface area contributed by atoms with Crippen molar-refractivity contribution in [1.82, 2.24) is 15.1 Å². The molecule has 1 aromatic rings. The largest absolute Gasteiger partial charge is 0.310 e. The molecule has 4 heteroatoms. The first-order valence-electron chi connectivity index (χ1n) is 6.99. The number of rotatable bonds is 4. The highest BCUT2D eigenvalue weighted by molar-refractivity contribution is 5.84. The van der Waals surface area contributed by atoms with E-state index in [1.807, 2.05) is 17.7 Å². The molecule has 3 unspecified atom stereocenters. The minimum absolute atomic E-state index is 0.240. The van der Waals surface area contributed by atoms with Crippen LogP contribution in [0.2, 0.25) is 0 Å². The number of aryl methyl sites for hydroxylation is 2. The van der Waals surface area contributed by atoms with Crippen molar-refractivity contribution < 1.29 is 4.79 Å². The molecule has 0 aliphatic carbocycles. The molecule has 98 valence electrons. The summed E-state index contributed by atoms with van der Waals surface area (Å²) >= 11 is 0. The lowest BCUT2D eigenvalue weighted by Crippen LogP contribution is -2.30. The SMILES string of the molecule is CCn1nc(C)cc1CC(=O)C1CC2CCC1N2. The second kappa shape index (κ2) is 4.50. The Morgan fingerprint density at radius 1 is 1.56 bits per heavy atom. The van der Waals surface area contributed by atoms with Crippen LogP contribution < -0.4 is 5.32 Å². The van der Waals surface area contributed by atoms with E-state index in [0.29, 0.717) is 24.3 Å². The molecule has 0 saturated carbocycles. The summed E-state index contributed by atoms with van der Waals surface area (Å²) < 4.78 is 1.95. The molecule has 0 aromatic carbocycles. The quantitative estimate of drug-likeness (QED) is 0.876. The number of fused-ring (bicyclic) bond motifs is 2. The summed E-state index contributed by atoms with van der Waals surface area (Å²) in [5, 5.41) is 7.94. The molecule has 3 heterocycles. The highest BCUT2D eigenvalue weighted by atomic mass is 16.1. The number of nitrogens with zero attached hydrogens (tertiary/aromatic N) is 2. The number of Topliss-reactive ketones (excluding diaryl/α,β-unsaturated/α-hetero) is 1. The van der Waals surface area contributed by atoms with Crippen molar-refractivity contribution in [1.29, 1.82) is 0 Å². The summed E-state index contributed by atoms with van der Waals surface area (Å²) in [5.41, 5.74) is 2.08. The van der Waals surface area contributed by atoms with Crippen LogP contribution in [-0.2, 0) is 17.8 Å². The fourth-order valence-electron chi connectivity index (χ4n) is 3.50. The average molecular weight is 247 g/mol. The summed E-state index contributed by atoms with van der Waals surface area (Å²) in [7, 11) is 0. The molecule has 2 aliphatic heterocycles. The molecule has 2 fully saturated rings. The van der Waals surface area contributed by atoms with E-state index in [0.717, 1.165) is 24.4 Å². The Labute approximate surface area is 108 Å². The van der Waals surface area contributed by atoms with Crippen LogP contribution in [0.1, 0.15) is 37.6 Å². The maximum Gasteiger partial charge on any atom is 0.143 e. The van der Waals surface area contributed by atoms with Crippen molar-refractivity contribution in [2.24, 2.45) is 5.92 Å². The van der Waals surface area contributed by atoms with E-state index in [9.17, 15) is 4.79 Å². The van der Waals surface area contributed by atoms with Gasteiger partial charge in [-0.1, -0.05) is 0 Å². The molecule has 1 N–H and O–H groups in total. The monoisotopic (exact) mass is 247 g/mol. The lowest BCUT2D eigenvalue weighted by atomic mass is 9.84. The van der Waals surface area contributed by atoms with E-state index in [1.54, 1.807) is 0 Å². The molecule has 18 heavy (non-hydrogen) atoms. The van der Waals surface area contributed by atoms with Crippen LogP contribution in [0.15, 0.2) is 6.07 Å². The van der Waals surface area contributed by atoms with E-state index < -0.39 is 0 Å². The first-order valence-corrected chi connectivity index (χ1v) is 6.99. The zero-order valence-corrected chi connectivity index (χ0v) is 11.1. The second-order valence-electron chi connectivity index (χ2n) is 5.63. The Hall–Kier alpha value is -1.16. The van der Waals surface area contributed by atoms with Gasteiger partial charge < -0.3 is 5.32 Å². The van der Waals surface area contributed by atoms with Crippen molar-refractivity contribution in [3.63, 3.8) is 0 Å². The first kappa shape index (κ1) is 11.9. The van der Waals surface area contributed by atoms with Gasteiger partial charge in [-0.3, -0.25) is 9.48 Å². The van der Waals surface area contributed by atoms with E-state index in [4.69, 9.17) is 0 Å². The first-order chi connectivity index (χ1) is 8.67. The lowest BCUT2D eigenvalue weighted by molar-refractivity contribution is -0.122. The van der Waals surface area contributed by atoms with Crippen LogP contribution in [0.25, 0.3) is 0 Å². The average Bonchev–Trinajstić information content (AvgIpc) is 3.03.